The summed E-state index contributed by atoms with van der Waals surface area (Å²) in [7, 11) is -3.60. The van der Waals surface area contributed by atoms with Crippen molar-refractivity contribution in [3.63, 3.8) is 0 Å². The van der Waals surface area contributed by atoms with Crippen LogP contribution >= 0.6 is 0 Å². The minimum Gasteiger partial charge on any atom is -0.484 e. The molecule has 0 saturated carbocycles. The molecular formula is C29H27FN2O4S. The molecule has 0 aliphatic rings. The lowest BCUT2D eigenvalue weighted by molar-refractivity contribution is -0.123. The molecule has 0 unspecified atom stereocenters. The molecule has 0 fully saturated rings. The number of rotatable bonds is 10. The number of nitrogens with zero attached hydrogens (tertiary/aromatic N) is 1. The van der Waals surface area contributed by atoms with Gasteiger partial charge < -0.3 is 10.1 Å². The molecule has 0 aliphatic carbocycles. The van der Waals surface area contributed by atoms with E-state index in [4.69, 9.17) is 4.74 Å². The van der Waals surface area contributed by atoms with Crippen molar-refractivity contribution in [3.8, 4) is 5.75 Å². The molecule has 37 heavy (non-hydrogen) atoms. The molecule has 6 nitrogen and oxygen atoms in total. The smallest absolute Gasteiger partial charge is 0.258 e. The van der Waals surface area contributed by atoms with E-state index >= 15 is 0 Å². The lowest BCUT2D eigenvalue weighted by atomic mass is 9.99. The predicted octanol–water partition coefficient (Wildman–Crippen LogP) is 5.08. The lowest BCUT2D eigenvalue weighted by Crippen LogP contribution is -2.33. The van der Waals surface area contributed by atoms with Gasteiger partial charge in [-0.15, -0.1) is 0 Å². The molecule has 0 atom stereocenters. The fourth-order valence-corrected chi connectivity index (χ4v) is 4.75. The molecule has 8 heteroatoms. The highest BCUT2D eigenvalue weighted by atomic mass is 32.2. The van der Waals surface area contributed by atoms with Gasteiger partial charge >= 0.3 is 0 Å². The van der Waals surface area contributed by atoms with E-state index in [1.807, 2.05) is 60.7 Å². The van der Waals surface area contributed by atoms with Crippen molar-refractivity contribution in [2.75, 3.05) is 17.2 Å². The van der Waals surface area contributed by atoms with Crippen LogP contribution in [-0.4, -0.2) is 27.2 Å². The second-order valence-electron chi connectivity index (χ2n) is 8.50. The van der Waals surface area contributed by atoms with Gasteiger partial charge in [0.1, 0.15) is 11.6 Å². The first kappa shape index (κ1) is 25.9. The van der Waals surface area contributed by atoms with Crippen LogP contribution in [0.1, 0.15) is 22.7 Å². The maximum Gasteiger partial charge on any atom is 0.258 e. The third-order valence-electron chi connectivity index (χ3n) is 5.71. The first-order chi connectivity index (χ1) is 17.8. The van der Waals surface area contributed by atoms with E-state index < -0.39 is 10.0 Å². The van der Waals surface area contributed by atoms with Gasteiger partial charge in [0.05, 0.1) is 24.5 Å². The van der Waals surface area contributed by atoms with E-state index in [-0.39, 0.29) is 30.9 Å². The first-order valence-corrected chi connectivity index (χ1v) is 13.5. The van der Waals surface area contributed by atoms with E-state index in [2.05, 4.69) is 5.32 Å². The number of amides is 1. The van der Waals surface area contributed by atoms with E-state index in [0.717, 1.165) is 17.4 Å². The maximum atomic E-state index is 13.2. The zero-order valence-electron chi connectivity index (χ0n) is 20.3. The molecule has 0 saturated heterocycles. The standard InChI is InChI=1S/C29H27FN2O4S/c1-37(34,35)32(20-22-12-14-25(30)15-13-22)26-16-18-27(19-17-26)36-21-28(33)31-29(23-8-4-2-5-9-23)24-10-6-3-7-11-24/h2-19,29H,20-21H2,1H3,(H,31,33). The lowest BCUT2D eigenvalue weighted by Gasteiger charge is -2.23. The normalized spacial score (nSPS) is 11.2. The summed E-state index contributed by atoms with van der Waals surface area (Å²) in [6.45, 7) is -0.150. The van der Waals surface area contributed by atoms with Crippen molar-refractivity contribution >= 4 is 21.6 Å². The Morgan fingerprint density at radius 3 is 1.89 bits per heavy atom. The van der Waals surface area contributed by atoms with Crippen LogP contribution < -0.4 is 14.4 Å². The number of halogens is 1. The number of carbonyl (C=O) groups is 1. The number of nitrogens with one attached hydrogen (secondary N) is 1. The van der Waals surface area contributed by atoms with E-state index in [1.165, 1.54) is 16.4 Å². The molecule has 4 aromatic rings. The number of benzene rings is 4. The maximum absolute atomic E-state index is 13.2. The summed E-state index contributed by atoms with van der Waals surface area (Å²) in [5.41, 5.74) is 2.98. The fourth-order valence-electron chi connectivity index (χ4n) is 3.87. The van der Waals surface area contributed by atoms with Crippen LogP contribution in [0.3, 0.4) is 0 Å². The summed E-state index contributed by atoms with van der Waals surface area (Å²) in [4.78, 5) is 12.8. The number of ether oxygens (including phenoxy) is 1. The van der Waals surface area contributed by atoms with Gasteiger partial charge in [-0.05, 0) is 53.1 Å². The molecule has 1 amide bonds. The zero-order valence-corrected chi connectivity index (χ0v) is 21.1. The van der Waals surface area contributed by atoms with Crippen molar-refractivity contribution in [3.05, 3.63) is 132 Å². The van der Waals surface area contributed by atoms with Crippen LogP contribution in [0.2, 0.25) is 0 Å². The zero-order chi connectivity index (χ0) is 26.3. The van der Waals surface area contributed by atoms with Gasteiger partial charge in [0, 0.05) is 0 Å². The minimum atomic E-state index is -3.60. The highest BCUT2D eigenvalue weighted by Crippen LogP contribution is 2.25. The Morgan fingerprint density at radius 1 is 0.838 bits per heavy atom. The van der Waals surface area contributed by atoms with Gasteiger partial charge in [0.2, 0.25) is 10.0 Å². The van der Waals surface area contributed by atoms with Crippen LogP contribution in [0.15, 0.2) is 109 Å². The topological polar surface area (TPSA) is 75.7 Å². The summed E-state index contributed by atoms with van der Waals surface area (Å²) in [5.74, 6) is -0.264. The molecule has 190 valence electrons. The summed E-state index contributed by atoms with van der Waals surface area (Å²) in [6, 6.07) is 31.1. The largest absolute Gasteiger partial charge is 0.484 e. The van der Waals surface area contributed by atoms with Crippen molar-refractivity contribution in [2.24, 2.45) is 0 Å². The number of sulfonamides is 1. The molecule has 0 radical (unpaired) electrons. The highest BCUT2D eigenvalue weighted by molar-refractivity contribution is 7.92. The van der Waals surface area contributed by atoms with Crippen molar-refractivity contribution in [1.82, 2.24) is 5.32 Å². The molecule has 0 aliphatic heterocycles. The van der Waals surface area contributed by atoms with Crippen LogP contribution in [0.25, 0.3) is 0 Å². The molecule has 0 aromatic heterocycles. The number of anilines is 1. The average molecular weight is 519 g/mol. The second kappa shape index (κ2) is 11.7. The summed E-state index contributed by atoms with van der Waals surface area (Å²) < 4.78 is 44.9. The van der Waals surface area contributed by atoms with Gasteiger partial charge in [-0.2, -0.15) is 0 Å². The number of hydrogen-bond donors (Lipinski definition) is 1. The van der Waals surface area contributed by atoms with Crippen molar-refractivity contribution in [1.29, 1.82) is 0 Å². The Labute approximate surface area is 216 Å². The van der Waals surface area contributed by atoms with Gasteiger partial charge in [0.15, 0.2) is 6.61 Å². The molecule has 0 heterocycles. The van der Waals surface area contributed by atoms with Crippen LogP contribution in [0.4, 0.5) is 10.1 Å². The second-order valence-corrected chi connectivity index (χ2v) is 10.4. The third kappa shape index (κ3) is 7.17. The Balaban J connectivity index is 1.41. The van der Waals surface area contributed by atoms with Gasteiger partial charge in [-0.1, -0.05) is 72.8 Å². The van der Waals surface area contributed by atoms with Gasteiger partial charge in [0.25, 0.3) is 5.91 Å². The van der Waals surface area contributed by atoms with Crippen LogP contribution in [0, 0.1) is 5.82 Å². The molecule has 0 bridgehead atoms. The molecule has 1 N–H and O–H groups in total. The summed E-state index contributed by atoms with van der Waals surface area (Å²) in [5, 5.41) is 3.02. The van der Waals surface area contributed by atoms with Crippen LogP contribution in [-0.2, 0) is 21.4 Å². The van der Waals surface area contributed by atoms with Crippen LogP contribution in [0.5, 0.6) is 5.75 Å². The Kier molecular flexibility index (Phi) is 8.20. The Bertz CT molecular complexity index is 1370. The fraction of sp³-hybridized carbons (Fsp3) is 0.138. The Hall–Kier alpha value is -4.17. The molecule has 4 rings (SSSR count). The molecule has 0 spiro atoms. The number of carbonyl (C=O) groups excluding carboxylic acids is 1. The van der Waals surface area contributed by atoms with Gasteiger partial charge in [-0.3, -0.25) is 9.10 Å². The highest BCUT2D eigenvalue weighted by Gasteiger charge is 2.19. The quantitative estimate of drug-likeness (QED) is 0.318. The Morgan fingerprint density at radius 2 is 1.38 bits per heavy atom. The van der Waals surface area contributed by atoms with E-state index in [1.54, 1.807) is 36.4 Å². The van der Waals surface area contributed by atoms with Crippen molar-refractivity contribution in [2.45, 2.75) is 12.6 Å². The minimum absolute atomic E-state index is 0.0576. The summed E-state index contributed by atoms with van der Waals surface area (Å²) in [6.07, 6.45) is 1.11. The molecule has 4 aromatic carbocycles. The van der Waals surface area contributed by atoms with E-state index in [0.29, 0.717) is 17.0 Å². The third-order valence-corrected chi connectivity index (χ3v) is 6.85. The predicted molar refractivity (Wildman–Crippen MR) is 142 cm³/mol. The number of hydrogen-bond acceptors (Lipinski definition) is 4. The van der Waals surface area contributed by atoms with Crippen molar-refractivity contribution < 1.29 is 22.3 Å². The van der Waals surface area contributed by atoms with E-state index in [9.17, 15) is 17.6 Å². The average Bonchev–Trinajstić information content (AvgIpc) is 2.91. The first-order valence-electron chi connectivity index (χ1n) is 11.6. The monoisotopic (exact) mass is 518 g/mol. The SMILES string of the molecule is CS(=O)(=O)N(Cc1ccc(F)cc1)c1ccc(OCC(=O)NC(c2ccccc2)c2ccccc2)cc1. The van der Waals surface area contributed by atoms with Gasteiger partial charge in [-0.25, -0.2) is 12.8 Å². The molecular weight excluding hydrogens is 491 g/mol. The summed E-state index contributed by atoms with van der Waals surface area (Å²) >= 11 is 0.